The smallest absolute Gasteiger partial charge is 0.140 e. The monoisotopic (exact) mass is 513 g/mol. The topological polar surface area (TPSA) is 69.5 Å². The van der Waals surface area contributed by atoms with Crippen molar-refractivity contribution < 1.29 is 4.39 Å². The summed E-state index contributed by atoms with van der Waals surface area (Å²) in [5.74, 6) is 1.17. The minimum atomic E-state index is -0.279. The second-order valence-corrected chi connectivity index (χ2v) is 11.0. The third-order valence-electron chi connectivity index (χ3n) is 8.50. The van der Waals surface area contributed by atoms with Gasteiger partial charge in [-0.25, -0.2) is 14.4 Å². The molecule has 5 heterocycles. The fourth-order valence-corrected chi connectivity index (χ4v) is 5.91. The third-order valence-corrected chi connectivity index (χ3v) is 8.50. The number of anilines is 3. The van der Waals surface area contributed by atoms with Gasteiger partial charge in [-0.2, -0.15) is 0 Å². The maximum Gasteiger partial charge on any atom is 0.140 e. The summed E-state index contributed by atoms with van der Waals surface area (Å²) in [6.07, 6.45) is 8.94. The van der Waals surface area contributed by atoms with Crippen LogP contribution >= 0.6 is 0 Å². The van der Waals surface area contributed by atoms with Crippen LogP contribution in [-0.2, 0) is 13.0 Å². The Balaban J connectivity index is 1.25. The lowest BCUT2D eigenvalue weighted by Gasteiger charge is -2.42. The SMILES string of the molecule is CNC(C)(C)C1CCCN(c2ccc(Nc3ccc(-c4cnc5cc(F)ccn45)c4c3CCNC4)nc2)C1. The lowest BCUT2D eigenvalue weighted by Crippen LogP contribution is -2.51. The number of aromatic nitrogens is 3. The first-order valence-electron chi connectivity index (χ1n) is 13.6. The Morgan fingerprint density at radius 2 is 1.97 bits per heavy atom. The van der Waals surface area contributed by atoms with E-state index in [1.807, 2.05) is 16.8 Å². The second-order valence-electron chi connectivity index (χ2n) is 11.0. The maximum absolute atomic E-state index is 13.7. The van der Waals surface area contributed by atoms with Gasteiger partial charge in [-0.3, -0.25) is 4.40 Å². The minimum absolute atomic E-state index is 0.118. The molecule has 3 aromatic heterocycles. The number of piperidine rings is 1. The van der Waals surface area contributed by atoms with Crippen molar-refractivity contribution in [3.8, 4) is 11.3 Å². The van der Waals surface area contributed by atoms with Crippen molar-refractivity contribution in [2.75, 3.05) is 36.9 Å². The van der Waals surface area contributed by atoms with Crippen LogP contribution in [0.1, 0.15) is 37.8 Å². The van der Waals surface area contributed by atoms with Gasteiger partial charge in [0.1, 0.15) is 17.3 Å². The first-order chi connectivity index (χ1) is 18.4. The highest BCUT2D eigenvalue weighted by atomic mass is 19.1. The van der Waals surface area contributed by atoms with Crippen LogP contribution in [0.4, 0.5) is 21.6 Å². The molecule has 7 nitrogen and oxygen atoms in total. The van der Waals surface area contributed by atoms with Crippen LogP contribution in [0.15, 0.2) is 55.0 Å². The number of halogens is 1. The van der Waals surface area contributed by atoms with E-state index in [4.69, 9.17) is 4.98 Å². The molecule has 0 radical (unpaired) electrons. The summed E-state index contributed by atoms with van der Waals surface area (Å²) >= 11 is 0. The summed E-state index contributed by atoms with van der Waals surface area (Å²) in [6.45, 7) is 8.41. The number of pyridine rings is 2. The van der Waals surface area contributed by atoms with Crippen LogP contribution in [0.25, 0.3) is 16.9 Å². The molecule has 2 aliphatic rings. The molecule has 6 rings (SSSR count). The zero-order valence-corrected chi connectivity index (χ0v) is 22.4. The second kappa shape index (κ2) is 10.0. The fraction of sp³-hybridized carbons (Fsp3) is 0.400. The molecule has 198 valence electrons. The van der Waals surface area contributed by atoms with Gasteiger partial charge in [0.2, 0.25) is 0 Å². The maximum atomic E-state index is 13.7. The van der Waals surface area contributed by atoms with Crippen LogP contribution < -0.4 is 20.9 Å². The Labute approximate surface area is 223 Å². The molecule has 8 heteroatoms. The van der Waals surface area contributed by atoms with Crippen LogP contribution in [0, 0.1) is 11.7 Å². The van der Waals surface area contributed by atoms with E-state index in [1.54, 1.807) is 6.20 Å². The molecule has 1 saturated heterocycles. The largest absolute Gasteiger partial charge is 0.370 e. The molecule has 1 atom stereocenters. The Kier molecular flexibility index (Phi) is 6.53. The number of hydrogen-bond acceptors (Lipinski definition) is 6. The van der Waals surface area contributed by atoms with E-state index in [1.165, 1.54) is 41.8 Å². The number of nitrogens with zero attached hydrogens (tertiary/aromatic N) is 4. The molecule has 0 aliphatic carbocycles. The number of imidazole rings is 1. The number of hydrogen-bond donors (Lipinski definition) is 3. The number of rotatable bonds is 6. The molecule has 2 aliphatic heterocycles. The van der Waals surface area contributed by atoms with Crippen LogP contribution in [-0.4, -0.2) is 46.6 Å². The van der Waals surface area contributed by atoms with Gasteiger partial charge in [-0.1, -0.05) is 6.07 Å². The Morgan fingerprint density at radius 1 is 1.08 bits per heavy atom. The van der Waals surface area contributed by atoms with Gasteiger partial charge in [-0.15, -0.1) is 0 Å². The highest BCUT2D eigenvalue weighted by molar-refractivity contribution is 5.75. The summed E-state index contributed by atoms with van der Waals surface area (Å²) in [4.78, 5) is 11.7. The van der Waals surface area contributed by atoms with Crippen molar-refractivity contribution in [3.63, 3.8) is 0 Å². The number of fused-ring (bicyclic) bond motifs is 2. The van der Waals surface area contributed by atoms with E-state index in [-0.39, 0.29) is 11.4 Å². The van der Waals surface area contributed by atoms with Gasteiger partial charge in [0.15, 0.2) is 0 Å². The first kappa shape index (κ1) is 24.8. The van der Waals surface area contributed by atoms with E-state index < -0.39 is 0 Å². The van der Waals surface area contributed by atoms with Gasteiger partial charge in [0.25, 0.3) is 0 Å². The molecule has 0 saturated carbocycles. The first-order valence-corrected chi connectivity index (χ1v) is 13.6. The lowest BCUT2D eigenvalue weighted by molar-refractivity contribution is 0.235. The predicted molar refractivity (Wildman–Crippen MR) is 152 cm³/mol. The average molecular weight is 514 g/mol. The highest BCUT2D eigenvalue weighted by Crippen LogP contribution is 2.35. The lowest BCUT2D eigenvalue weighted by atomic mass is 9.81. The normalized spacial score (nSPS) is 18.0. The summed E-state index contributed by atoms with van der Waals surface area (Å²) in [5, 5.41) is 10.6. The van der Waals surface area contributed by atoms with E-state index in [0.29, 0.717) is 11.6 Å². The molecule has 4 aromatic rings. The molecule has 3 N–H and O–H groups in total. The summed E-state index contributed by atoms with van der Waals surface area (Å²) < 4.78 is 15.7. The molecule has 1 aromatic carbocycles. The summed E-state index contributed by atoms with van der Waals surface area (Å²) in [5.41, 5.74) is 7.61. The van der Waals surface area contributed by atoms with Crippen molar-refractivity contribution >= 4 is 22.8 Å². The molecule has 1 unspecified atom stereocenters. The highest BCUT2D eigenvalue weighted by Gasteiger charge is 2.32. The predicted octanol–water partition coefficient (Wildman–Crippen LogP) is 5.14. The van der Waals surface area contributed by atoms with Gasteiger partial charge >= 0.3 is 0 Å². The quantitative estimate of drug-likeness (QED) is 0.332. The minimum Gasteiger partial charge on any atom is -0.370 e. The van der Waals surface area contributed by atoms with E-state index >= 15 is 0 Å². The summed E-state index contributed by atoms with van der Waals surface area (Å²) in [7, 11) is 2.06. The third kappa shape index (κ3) is 4.63. The standard InChI is InChI=1S/C30H36FN7/c1-30(2,32-3)20-5-4-13-37(19-20)22-6-9-28(34-16-22)36-26-8-7-24(25-17-33-12-10-23(25)26)27-18-35-29-15-21(31)11-14-38(27)29/h6-9,11,14-16,18,20,32-33H,4-5,10,12-13,17,19H2,1-3H3,(H,34,36). The molecule has 38 heavy (non-hydrogen) atoms. The number of nitrogens with one attached hydrogen (secondary N) is 3. The molecule has 0 amide bonds. The van der Waals surface area contributed by atoms with Gasteiger partial charge in [-0.05, 0) is 88.0 Å². The van der Waals surface area contributed by atoms with Crippen molar-refractivity contribution in [1.29, 1.82) is 0 Å². The van der Waals surface area contributed by atoms with Crippen molar-refractivity contribution in [3.05, 3.63) is 71.9 Å². The zero-order valence-electron chi connectivity index (χ0n) is 22.4. The summed E-state index contributed by atoms with van der Waals surface area (Å²) in [6, 6.07) is 11.5. The molecular formula is C30H36FN7. The van der Waals surface area contributed by atoms with E-state index in [9.17, 15) is 4.39 Å². The van der Waals surface area contributed by atoms with E-state index in [2.05, 4.69) is 71.0 Å². The van der Waals surface area contributed by atoms with Gasteiger partial charge < -0.3 is 20.9 Å². The van der Waals surface area contributed by atoms with Gasteiger partial charge in [0.05, 0.1) is 23.8 Å². The Morgan fingerprint density at radius 3 is 2.79 bits per heavy atom. The van der Waals surface area contributed by atoms with Crippen molar-refractivity contribution in [2.45, 2.75) is 45.2 Å². The fourth-order valence-electron chi connectivity index (χ4n) is 5.91. The molecule has 1 fully saturated rings. The molecular weight excluding hydrogens is 477 g/mol. The molecule has 0 spiro atoms. The van der Waals surface area contributed by atoms with E-state index in [0.717, 1.165) is 55.4 Å². The van der Waals surface area contributed by atoms with Crippen LogP contribution in [0.5, 0.6) is 0 Å². The van der Waals surface area contributed by atoms with Gasteiger partial charge in [0, 0.05) is 48.7 Å². The van der Waals surface area contributed by atoms with Crippen molar-refractivity contribution in [2.24, 2.45) is 5.92 Å². The Hall–Kier alpha value is -3.49. The van der Waals surface area contributed by atoms with Crippen LogP contribution in [0.3, 0.4) is 0 Å². The Bertz CT molecular complexity index is 1440. The average Bonchev–Trinajstić information content (AvgIpc) is 3.36. The number of benzene rings is 1. The molecule has 0 bridgehead atoms. The zero-order chi connectivity index (χ0) is 26.3. The van der Waals surface area contributed by atoms with Crippen molar-refractivity contribution in [1.82, 2.24) is 25.0 Å². The van der Waals surface area contributed by atoms with Crippen LogP contribution in [0.2, 0.25) is 0 Å².